The minimum absolute atomic E-state index is 0.0215. The second-order valence-electron chi connectivity index (χ2n) is 7.22. The van der Waals surface area contributed by atoms with Gasteiger partial charge in [0.1, 0.15) is 6.10 Å². The maximum Gasteiger partial charge on any atom is 0.323 e. The highest BCUT2D eigenvalue weighted by Gasteiger charge is 2.29. The van der Waals surface area contributed by atoms with E-state index < -0.39 is 0 Å². The zero-order valence-electron chi connectivity index (χ0n) is 15.9. The molecule has 2 aromatic rings. The van der Waals surface area contributed by atoms with Crippen molar-refractivity contribution in [1.82, 2.24) is 19.7 Å². The molecule has 8 heteroatoms. The number of urea groups is 1. The number of hydrogen-bond acceptors (Lipinski definition) is 5. The van der Waals surface area contributed by atoms with E-state index in [-0.39, 0.29) is 12.1 Å². The van der Waals surface area contributed by atoms with Gasteiger partial charge in [0.2, 0.25) is 0 Å². The third-order valence-electron chi connectivity index (χ3n) is 5.23. The number of aryl methyl sites for hydroxylation is 2. The van der Waals surface area contributed by atoms with Crippen LogP contribution >= 0.6 is 0 Å². The lowest BCUT2D eigenvalue weighted by molar-refractivity contribution is 0.194. The first-order valence-electron chi connectivity index (χ1n) is 9.53. The van der Waals surface area contributed by atoms with Gasteiger partial charge < -0.3 is 14.5 Å². The molecular formula is C19H26N6O2. The van der Waals surface area contributed by atoms with E-state index in [9.17, 15) is 4.79 Å². The normalized spacial score (nSPS) is 19.6. The van der Waals surface area contributed by atoms with Crippen LogP contribution < -0.4 is 15.0 Å². The molecule has 0 aliphatic carbocycles. The van der Waals surface area contributed by atoms with Crippen LogP contribution in [0.3, 0.4) is 0 Å². The zero-order valence-corrected chi connectivity index (χ0v) is 15.9. The van der Waals surface area contributed by atoms with E-state index in [1.165, 1.54) is 12.8 Å². The fourth-order valence-corrected chi connectivity index (χ4v) is 3.64. The number of ether oxygens (including phenoxy) is 1. The molecule has 2 amide bonds. The van der Waals surface area contributed by atoms with Gasteiger partial charge in [-0.1, -0.05) is 0 Å². The van der Waals surface area contributed by atoms with E-state index in [0.717, 1.165) is 36.8 Å². The third-order valence-corrected chi connectivity index (χ3v) is 5.23. The topological polar surface area (TPSA) is 75.5 Å². The molecule has 4 heterocycles. The summed E-state index contributed by atoms with van der Waals surface area (Å²) < 4.78 is 7.97. The summed E-state index contributed by atoms with van der Waals surface area (Å²) in [5.41, 5.74) is 0.999. The Morgan fingerprint density at radius 2 is 2.11 bits per heavy atom. The van der Waals surface area contributed by atoms with Crippen LogP contribution in [0.1, 0.15) is 25.0 Å². The van der Waals surface area contributed by atoms with Gasteiger partial charge in [0.15, 0.2) is 17.4 Å². The van der Waals surface area contributed by atoms with Crippen LogP contribution in [0.25, 0.3) is 0 Å². The highest BCUT2D eigenvalue weighted by molar-refractivity contribution is 5.88. The van der Waals surface area contributed by atoms with Crippen molar-refractivity contribution in [3.63, 3.8) is 0 Å². The Labute approximate surface area is 159 Å². The molecule has 0 radical (unpaired) electrons. The SMILES string of the molecule is Cc1cc(NC(=O)N2CCC(Oc3cccnc3N3CCCC3)C2)nn1C. The van der Waals surface area contributed by atoms with Crippen molar-refractivity contribution < 1.29 is 9.53 Å². The summed E-state index contributed by atoms with van der Waals surface area (Å²) in [5, 5.41) is 7.14. The summed E-state index contributed by atoms with van der Waals surface area (Å²) in [6.07, 6.45) is 4.99. The number of nitrogens with one attached hydrogen (secondary N) is 1. The Balaban J connectivity index is 1.36. The average Bonchev–Trinajstić information content (AvgIpc) is 3.38. The number of aromatic nitrogens is 3. The Kier molecular flexibility index (Phi) is 4.87. The Morgan fingerprint density at radius 3 is 2.85 bits per heavy atom. The van der Waals surface area contributed by atoms with E-state index in [2.05, 4.69) is 20.3 Å². The number of amides is 2. The first-order valence-corrected chi connectivity index (χ1v) is 9.53. The molecule has 1 atom stereocenters. The van der Waals surface area contributed by atoms with Crippen LogP contribution in [0.15, 0.2) is 24.4 Å². The molecule has 2 fully saturated rings. The van der Waals surface area contributed by atoms with E-state index in [4.69, 9.17) is 4.74 Å². The van der Waals surface area contributed by atoms with Gasteiger partial charge in [0.05, 0.1) is 6.54 Å². The molecule has 4 rings (SSSR count). The van der Waals surface area contributed by atoms with Crippen LogP contribution in [-0.2, 0) is 7.05 Å². The van der Waals surface area contributed by atoms with Crippen LogP contribution in [0.2, 0.25) is 0 Å². The van der Waals surface area contributed by atoms with Gasteiger partial charge in [0, 0.05) is 51.1 Å². The van der Waals surface area contributed by atoms with E-state index in [1.54, 1.807) is 9.58 Å². The van der Waals surface area contributed by atoms with Gasteiger partial charge in [0.25, 0.3) is 0 Å². The fraction of sp³-hybridized carbons (Fsp3) is 0.526. The quantitative estimate of drug-likeness (QED) is 0.894. The number of anilines is 2. The second kappa shape index (κ2) is 7.46. The molecular weight excluding hydrogens is 344 g/mol. The van der Waals surface area contributed by atoms with Crippen LogP contribution in [0.5, 0.6) is 5.75 Å². The lowest BCUT2D eigenvalue weighted by Gasteiger charge is -2.22. The Bertz CT molecular complexity index is 795. The molecule has 0 spiro atoms. The predicted molar refractivity (Wildman–Crippen MR) is 103 cm³/mol. The van der Waals surface area contributed by atoms with Gasteiger partial charge >= 0.3 is 6.03 Å². The minimum Gasteiger partial charge on any atom is -0.485 e. The maximum absolute atomic E-state index is 12.5. The van der Waals surface area contributed by atoms with Crippen molar-refractivity contribution in [2.75, 3.05) is 36.4 Å². The summed E-state index contributed by atoms with van der Waals surface area (Å²) in [5.74, 6) is 2.31. The van der Waals surface area contributed by atoms with E-state index in [1.807, 2.05) is 38.4 Å². The smallest absolute Gasteiger partial charge is 0.323 e. The number of hydrogen-bond donors (Lipinski definition) is 1. The molecule has 8 nitrogen and oxygen atoms in total. The summed E-state index contributed by atoms with van der Waals surface area (Å²) in [6, 6.07) is 5.60. The van der Waals surface area contributed by atoms with Crippen molar-refractivity contribution in [3.05, 3.63) is 30.1 Å². The summed E-state index contributed by atoms with van der Waals surface area (Å²) in [6.45, 7) is 5.23. The standard InChI is InChI=1S/C19H26N6O2/c1-14-12-17(22-23(14)2)21-19(26)25-11-7-15(13-25)27-16-6-5-8-20-18(16)24-9-3-4-10-24/h5-6,8,12,15H,3-4,7,9-11,13H2,1-2H3,(H,21,22,26). The Hall–Kier alpha value is -2.77. The van der Waals surface area contributed by atoms with Crippen LogP contribution in [0.4, 0.5) is 16.4 Å². The number of carbonyl (C=O) groups excluding carboxylic acids is 1. The lowest BCUT2D eigenvalue weighted by atomic mass is 10.3. The molecule has 1 N–H and O–H groups in total. The van der Waals surface area contributed by atoms with Gasteiger partial charge in [-0.05, 0) is 31.9 Å². The first-order chi connectivity index (χ1) is 13.1. The second-order valence-corrected chi connectivity index (χ2v) is 7.22. The molecule has 27 heavy (non-hydrogen) atoms. The summed E-state index contributed by atoms with van der Waals surface area (Å²) in [4.78, 5) is 21.1. The van der Waals surface area contributed by atoms with Gasteiger partial charge in [-0.25, -0.2) is 9.78 Å². The predicted octanol–water partition coefficient (Wildman–Crippen LogP) is 2.41. The summed E-state index contributed by atoms with van der Waals surface area (Å²) in [7, 11) is 1.86. The molecule has 144 valence electrons. The van der Waals surface area contributed by atoms with E-state index in [0.29, 0.717) is 18.9 Å². The number of carbonyl (C=O) groups is 1. The third kappa shape index (κ3) is 3.84. The van der Waals surface area contributed by atoms with E-state index >= 15 is 0 Å². The monoisotopic (exact) mass is 370 g/mol. The average molecular weight is 370 g/mol. The van der Waals surface area contributed by atoms with Crippen molar-refractivity contribution in [1.29, 1.82) is 0 Å². The van der Waals surface area contributed by atoms with Crippen molar-refractivity contribution in [3.8, 4) is 5.75 Å². The first kappa shape index (κ1) is 17.6. The van der Waals surface area contributed by atoms with Gasteiger partial charge in [-0.15, -0.1) is 0 Å². The van der Waals surface area contributed by atoms with Crippen LogP contribution in [0, 0.1) is 6.92 Å². The lowest BCUT2D eigenvalue weighted by Crippen LogP contribution is -2.34. The highest BCUT2D eigenvalue weighted by atomic mass is 16.5. The molecule has 0 bridgehead atoms. The zero-order chi connectivity index (χ0) is 18.8. The molecule has 0 aromatic carbocycles. The molecule has 2 aliphatic rings. The molecule has 2 aliphatic heterocycles. The summed E-state index contributed by atoms with van der Waals surface area (Å²) >= 11 is 0. The van der Waals surface area contributed by atoms with Crippen molar-refractivity contribution in [2.24, 2.45) is 7.05 Å². The minimum atomic E-state index is -0.134. The van der Waals surface area contributed by atoms with Crippen LogP contribution in [-0.4, -0.2) is 58.0 Å². The van der Waals surface area contributed by atoms with Crippen molar-refractivity contribution in [2.45, 2.75) is 32.3 Å². The molecule has 1 unspecified atom stereocenters. The molecule has 2 saturated heterocycles. The number of nitrogens with zero attached hydrogens (tertiary/aromatic N) is 5. The largest absolute Gasteiger partial charge is 0.485 e. The van der Waals surface area contributed by atoms with Crippen molar-refractivity contribution >= 4 is 17.7 Å². The number of rotatable bonds is 4. The number of likely N-dealkylation sites (tertiary alicyclic amines) is 1. The molecule has 2 aromatic heterocycles. The number of pyridine rings is 1. The van der Waals surface area contributed by atoms with Gasteiger partial charge in [-0.3, -0.25) is 10.00 Å². The fourth-order valence-electron chi connectivity index (χ4n) is 3.64. The molecule has 0 saturated carbocycles. The Morgan fingerprint density at radius 1 is 1.30 bits per heavy atom. The van der Waals surface area contributed by atoms with Gasteiger partial charge in [-0.2, -0.15) is 5.10 Å². The maximum atomic E-state index is 12.5. The highest BCUT2D eigenvalue weighted by Crippen LogP contribution is 2.30.